The van der Waals surface area contributed by atoms with Crippen molar-refractivity contribution in [3.05, 3.63) is 60.1 Å². The summed E-state index contributed by atoms with van der Waals surface area (Å²) in [5.74, 6) is 0.707. The van der Waals surface area contributed by atoms with Gasteiger partial charge in [0.05, 0.1) is 18.1 Å². The second-order valence-corrected chi connectivity index (χ2v) is 9.53. The van der Waals surface area contributed by atoms with Crippen molar-refractivity contribution in [2.45, 2.75) is 32.4 Å². The van der Waals surface area contributed by atoms with Crippen molar-refractivity contribution in [1.29, 1.82) is 0 Å². The third-order valence-corrected chi connectivity index (χ3v) is 7.55. The van der Waals surface area contributed by atoms with Gasteiger partial charge in [-0.1, -0.05) is 30.3 Å². The minimum Gasteiger partial charge on any atom is -0.468 e. The molecular formula is C21H28N2O5S. The number of carbonyl (C=O) groups is 1. The molecule has 1 aliphatic rings. The fraction of sp³-hybridized carbons (Fsp3) is 0.476. The third-order valence-electron chi connectivity index (χ3n) is 5.46. The zero-order valence-electron chi connectivity index (χ0n) is 16.9. The maximum Gasteiger partial charge on any atom is 0.410 e. The van der Waals surface area contributed by atoms with Crippen LogP contribution in [0.4, 0.5) is 4.79 Å². The molecule has 0 saturated carbocycles. The zero-order chi connectivity index (χ0) is 20.9. The molecule has 1 aliphatic heterocycles. The fourth-order valence-corrected chi connectivity index (χ4v) is 5.21. The van der Waals surface area contributed by atoms with Gasteiger partial charge < -0.3 is 14.1 Å². The Hall–Kier alpha value is -2.32. The summed E-state index contributed by atoms with van der Waals surface area (Å²) in [5.41, 5.74) is 0.940. The van der Waals surface area contributed by atoms with E-state index in [1.807, 2.05) is 37.3 Å². The van der Waals surface area contributed by atoms with E-state index in [-0.39, 0.29) is 30.4 Å². The Labute approximate surface area is 172 Å². The summed E-state index contributed by atoms with van der Waals surface area (Å²) in [5, 5.41) is 0. The van der Waals surface area contributed by atoms with Crippen LogP contribution >= 0.6 is 0 Å². The van der Waals surface area contributed by atoms with Crippen molar-refractivity contribution in [3.63, 3.8) is 0 Å². The predicted molar refractivity (Wildman–Crippen MR) is 110 cm³/mol. The summed E-state index contributed by atoms with van der Waals surface area (Å²) in [4.78, 5) is 13.9. The second kappa shape index (κ2) is 9.45. The minimum atomic E-state index is -3.43. The number of ether oxygens (including phenoxy) is 1. The van der Waals surface area contributed by atoms with Crippen LogP contribution in [0.25, 0.3) is 0 Å². The Morgan fingerprint density at radius 3 is 2.52 bits per heavy atom. The largest absolute Gasteiger partial charge is 0.468 e. The molecule has 0 bridgehead atoms. The van der Waals surface area contributed by atoms with Crippen LogP contribution in [0.1, 0.15) is 37.1 Å². The number of hydrogen-bond donors (Lipinski definition) is 0. The molecule has 2 heterocycles. The summed E-state index contributed by atoms with van der Waals surface area (Å²) >= 11 is 0. The molecule has 7 nitrogen and oxygen atoms in total. The number of benzene rings is 1. The average Bonchev–Trinajstić information content (AvgIpc) is 3.27. The van der Waals surface area contributed by atoms with Crippen LogP contribution in [0.3, 0.4) is 0 Å². The number of carbonyl (C=O) groups excluding carboxylic acids is 1. The van der Waals surface area contributed by atoms with E-state index in [1.54, 1.807) is 30.3 Å². The number of amides is 1. The highest BCUT2D eigenvalue weighted by Crippen LogP contribution is 2.26. The van der Waals surface area contributed by atoms with Crippen LogP contribution in [0, 0.1) is 5.92 Å². The van der Waals surface area contributed by atoms with Crippen LogP contribution < -0.4 is 0 Å². The molecule has 0 N–H and O–H groups in total. The normalized spacial score (nSPS) is 16.7. The Morgan fingerprint density at radius 2 is 1.90 bits per heavy atom. The molecule has 0 spiro atoms. The average molecular weight is 421 g/mol. The summed E-state index contributed by atoms with van der Waals surface area (Å²) in [6, 6.07) is 12.7. The first kappa shape index (κ1) is 21.4. The van der Waals surface area contributed by atoms with Crippen molar-refractivity contribution in [1.82, 2.24) is 9.21 Å². The first-order valence-corrected chi connectivity index (χ1v) is 11.4. The number of piperidine rings is 1. The summed E-state index contributed by atoms with van der Waals surface area (Å²) < 4.78 is 37.6. The van der Waals surface area contributed by atoms with Crippen molar-refractivity contribution >= 4 is 16.1 Å². The molecule has 0 unspecified atom stereocenters. The molecular weight excluding hydrogens is 392 g/mol. The number of likely N-dealkylation sites (tertiary alicyclic amines) is 1. The quantitative estimate of drug-likeness (QED) is 0.683. The van der Waals surface area contributed by atoms with Crippen molar-refractivity contribution in [3.8, 4) is 0 Å². The van der Waals surface area contributed by atoms with Gasteiger partial charge in [0.15, 0.2) is 0 Å². The number of furan rings is 1. The van der Waals surface area contributed by atoms with Gasteiger partial charge >= 0.3 is 6.09 Å². The van der Waals surface area contributed by atoms with E-state index >= 15 is 0 Å². The van der Waals surface area contributed by atoms with Gasteiger partial charge in [-0.2, -0.15) is 4.31 Å². The molecule has 1 aromatic carbocycles. The summed E-state index contributed by atoms with van der Waals surface area (Å²) in [7, 11) is -1.85. The molecule has 3 rings (SSSR count). The topological polar surface area (TPSA) is 80.1 Å². The third kappa shape index (κ3) is 5.61. The Bertz CT molecular complexity index is 875. The van der Waals surface area contributed by atoms with Crippen LogP contribution in [-0.4, -0.2) is 49.6 Å². The molecule has 1 saturated heterocycles. The lowest BCUT2D eigenvalue weighted by Crippen LogP contribution is -2.42. The molecule has 2 aromatic rings. The lowest BCUT2D eigenvalue weighted by molar-refractivity contribution is 0.0838. The van der Waals surface area contributed by atoms with E-state index in [1.165, 1.54) is 4.31 Å². The number of rotatable bonds is 7. The maximum atomic E-state index is 12.8. The molecule has 8 heteroatoms. The Balaban J connectivity index is 1.46. The maximum absolute atomic E-state index is 12.8. The van der Waals surface area contributed by atoms with Crippen molar-refractivity contribution in [2.24, 2.45) is 5.92 Å². The van der Waals surface area contributed by atoms with Gasteiger partial charge in [-0.15, -0.1) is 0 Å². The number of hydrogen-bond acceptors (Lipinski definition) is 5. The zero-order valence-corrected chi connectivity index (χ0v) is 17.7. The molecule has 1 amide bonds. The Kier molecular flexibility index (Phi) is 6.97. The fourth-order valence-electron chi connectivity index (χ4n) is 3.46. The molecule has 1 fully saturated rings. The lowest BCUT2D eigenvalue weighted by atomic mass is 9.99. The van der Waals surface area contributed by atoms with Crippen LogP contribution in [0.2, 0.25) is 0 Å². The van der Waals surface area contributed by atoms with Crippen LogP contribution in [0.5, 0.6) is 0 Å². The van der Waals surface area contributed by atoms with Crippen molar-refractivity contribution < 1.29 is 22.4 Å². The minimum absolute atomic E-state index is 0.0180. The van der Waals surface area contributed by atoms with Gasteiger partial charge in [-0.25, -0.2) is 13.2 Å². The van der Waals surface area contributed by atoms with Gasteiger partial charge in [0.2, 0.25) is 10.0 Å². The van der Waals surface area contributed by atoms with E-state index in [9.17, 15) is 13.2 Å². The number of sulfonamides is 1. The first-order chi connectivity index (χ1) is 13.9. The highest BCUT2D eigenvalue weighted by atomic mass is 32.2. The number of nitrogens with zero attached hydrogens (tertiary/aromatic N) is 2. The highest BCUT2D eigenvalue weighted by molar-refractivity contribution is 7.89. The molecule has 0 radical (unpaired) electrons. The van der Waals surface area contributed by atoms with E-state index < -0.39 is 10.0 Å². The standard InChI is InChI=1S/C21H28N2O5S/c1-17(20-9-6-14-27-20)22(2)29(25,26)16-19-10-12-23(13-11-19)21(24)28-15-18-7-4-3-5-8-18/h3-9,14,17,19H,10-13,15-16H2,1-2H3/t17-/m1/s1. The van der Waals surface area contributed by atoms with Gasteiger partial charge in [-0.3, -0.25) is 0 Å². The monoisotopic (exact) mass is 420 g/mol. The SMILES string of the molecule is C[C@H](c1ccco1)N(C)S(=O)(=O)CC1CCN(C(=O)OCc2ccccc2)CC1. The lowest BCUT2D eigenvalue weighted by Gasteiger charge is -2.32. The van der Waals surface area contributed by atoms with E-state index in [0.717, 1.165) is 5.56 Å². The highest BCUT2D eigenvalue weighted by Gasteiger charge is 2.31. The predicted octanol–water partition coefficient (Wildman–Crippen LogP) is 3.65. The smallest absolute Gasteiger partial charge is 0.410 e. The molecule has 0 aliphatic carbocycles. The van der Waals surface area contributed by atoms with E-state index in [4.69, 9.17) is 9.15 Å². The van der Waals surface area contributed by atoms with Gasteiger partial charge in [-0.05, 0) is 43.4 Å². The Morgan fingerprint density at radius 1 is 1.21 bits per heavy atom. The van der Waals surface area contributed by atoms with Crippen molar-refractivity contribution in [2.75, 3.05) is 25.9 Å². The second-order valence-electron chi connectivity index (χ2n) is 7.46. The van der Waals surface area contributed by atoms with E-state index in [2.05, 4.69) is 0 Å². The summed E-state index contributed by atoms with van der Waals surface area (Å²) in [6.07, 6.45) is 2.48. The van der Waals surface area contributed by atoms with Crippen LogP contribution in [0.15, 0.2) is 53.1 Å². The summed E-state index contributed by atoms with van der Waals surface area (Å²) in [6.45, 7) is 3.06. The van der Waals surface area contributed by atoms with Gasteiger partial charge in [0, 0.05) is 20.1 Å². The van der Waals surface area contributed by atoms with E-state index in [0.29, 0.717) is 31.7 Å². The molecule has 158 valence electrons. The molecule has 1 atom stereocenters. The van der Waals surface area contributed by atoms with Gasteiger partial charge in [0.25, 0.3) is 0 Å². The van der Waals surface area contributed by atoms with Crippen LogP contribution in [-0.2, 0) is 21.4 Å². The first-order valence-electron chi connectivity index (χ1n) is 9.81. The molecule has 1 aromatic heterocycles. The van der Waals surface area contributed by atoms with Gasteiger partial charge in [0.1, 0.15) is 12.4 Å². The molecule has 29 heavy (non-hydrogen) atoms.